The first-order valence-electron chi connectivity index (χ1n) is 6.13. The highest BCUT2D eigenvalue weighted by atomic mass is 79.9. The van der Waals surface area contributed by atoms with Gasteiger partial charge in [-0.3, -0.25) is 0 Å². The molecular formula is C15H15BrOS. The highest BCUT2D eigenvalue weighted by molar-refractivity contribution is 9.11. The number of hydrogen-bond donors (Lipinski definition) is 1. The smallest absolute Gasteiger partial charge is 0.0897 e. The quantitative estimate of drug-likeness (QED) is 0.876. The van der Waals surface area contributed by atoms with Gasteiger partial charge in [-0.2, -0.15) is 0 Å². The van der Waals surface area contributed by atoms with E-state index in [9.17, 15) is 5.11 Å². The van der Waals surface area contributed by atoms with Crippen molar-refractivity contribution >= 4 is 27.3 Å². The van der Waals surface area contributed by atoms with E-state index in [0.717, 1.165) is 22.2 Å². The summed E-state index contributed by atoms with van der Waals surface area (Å²) in [5, 5.41) is 10.7. The van der Waals surface area contributed by atoms with Crippen LogP contribution in [0.2, 0.25) is 0 Å². The van der Waals surface area contributed by atoms with Gasteiger partial charge in [0.15, 0.2) is 0 Å². The average molecular weight is 323 g/mol. The zero-order valence-corrected chi connectivity index (χ0v) is 12.6. The molecule has 1 aromatic heterocycles. The van der Waals surface area contributed by atoms with Crippen LogP contribution in [0.1, 0.15) is 34.9 Å². The predicted octanol–water partition coefficient (Wildman–Crippen LogP) is 4.58. The van der Waals surface area contributed by atoms with Crippen molar-refractivity contribution in [2.75, 3.05) is 0 Å². The van der Waals surface area contributed by atoms with Gasteiger partial charge in [-0.25, -0.2) is 0 Å². The van der Waals surface area contributed by atoms with Gasteiger partial charge in [0, 0.05) is 10.3 Å². The van der Waals surface area contributed by atoms with Gasteiger partial charge in [0.2, 0.25) is 0 Å². The summed E-state index contributed by atoms with van der Waals surface area (Å²) >= 11 is 5.20. The third-order valence-corrected chi connectivity index (χ3v) is 5.45. The second-order valence-corrected chi connectivity index (χ2v) is 7.62. The lowest BCUT2D eigenvalue weighted by Gasteiger charge is -2.23. The van der Waals surface area contributed by atoms with Crippen molar-refractivity contribution in [2.24, 2.45) is 0 Å². The van der Waals surface area contributed by atoms with Crippen LogP contribution in [0.4, 0.5) is 0 Å². The van der Waals surface area contributed by atoms with Gasteiger partial charge in [0.1, 0.15) is 0 Å². The number of aryl methyl sites for hydroxylation is 1. The zero-order valence-electron chi connectivity index (χ0n) is 10.2. The van der Waals surface area contributed by atoms with Crippen molar-refractivity contribution in [3.05, 3.63) is 56.2 Å². The van der Waals surface area contributed by atoms with Crippen molar-refractivity contribution in [2.45, 2.75) is 31.3 Å². The van der Waals surface area contributed by atoms with Crippen molar-refractivity contribution in [1.82, 2.24) is 0 Å². The largest absolute Gasteiger partial charge is 0.387 e. The average Bonchev–Trinajstić information content (AvgIpc) is 3.11. The van der Waals surface area contributed by atoms with Crippen LogP contribution in [0.5, 0.6) is 0 Å². The molecule has 2 aromatic rings. The van der Waals surface area contributed by atoms with Crippen LogP contribution in [0, 0.1) is 6.92 Å². The Kier molecular flexibility index (Phi) is 3.08. The summed E-state index contributed by atoms with van der Waals surface area (Å²) < 4.78 is 1.10. The Bertz CT molecular complexity index is 557. The molecule has 1 aliphatic rings. The third kappa shape index (κ3) is 1.94. The number of hydrogen-bond acceptors (Lipinski definition) is 2. The molecule has 0 radical (unpaired) electrons. The third-order valence-electron chi connectivity index (χ3n) is 3.88. The lowest BCUT2D eigenvalue weighted by Crippen LogP contribution is -2.18. The summed E-state index contributed by atoms with van der Waals surface area (Å²) in [6.45, 7) is 2.08. The molecule has 0 bridgehead atoms. The molecule has 1 fully saturated rings. The highest BCUT2D eigenvalue weighted by Crippen LogP contribution is 2.57. The normalized spacial score (nSPS) is 18.6. The second-order valence-electron chi connectivity index (χ2n) is 4.99. The van der Waals surface area contributed by atoms with Crippen molar-refractivity contribution < 1.29 is 5.11 Å². The molecule has 1 N–H and O–H groups in total. The first-order chi connectivity index (χ1) is 8.63. The zero-order chi connectivity index (χ0) is 12.8. The van der Waals surface area contributed by atoms with Crippen LogP contribution in [0.25, 0.3) is 0 Å². The molecule has 1 aliphatic carbocycles. The molecular weight excluding hydrogens is 308 g/mol. The molecule has 18 heavy (non-hydrogen) atoms. The molecule has 1 nitrogen and oxygen atoms in total. The van der Waals surface area contributed by atoms with E-state index < -0.39 is 0 Å². The summed E-state index contributed by atoms with van der Waals surface area (Å²) in [6, 6.07) is 12.5. The summed E-state index contributed by atoms with van der Waals surface area (Å²) in [6.07, 6.45) is 1.76. The number of aliphatic hydroxyl groups excluding tert-OH is 1. The fourth-order valence-electron chi connectivity index (χ4n) is 2.65. The first-order valence-corrected chi connectivity index (χ1v) is 7.74. The first kappa shape index (κ1) is 12.4. The minimum atomic E-state index is -0.387. The van der Waals surface area contributed by atoms with Gasteiger partial charge in [0.05, 0.1) is 9.89 Å². The maximum Gasteiger partial charge on any atom is 0.0897 e. The molecule has 94 valence electrons. The Morgan fingerprint density at radius 1 is 1.28 bits per heavy atom. The number of aliphatic hydroxyl groups is 1. The minimum absolute atomic E-state index is 0.0491. The van der Waals surface area contributed by atoms with Gasteiger partial charge >= 0.3 is 0 Å². The highest BCUT2D eigenvalue weighted by Gasteiger charge is 2.51. The standard InChI is InChI=1S/C15H15BrOS/c1-10-12(9-13(16)18-10)14(17)15(7-8-15)11-5-3-2-4-6-11/h2-6,9,14,17H,7-8H2,1H3. The lowest BCUT2D eigenvalue weighted by molar-refractivity contribution is 0.133. The lowest BCUT2D eigenvalue weighted by atomic mass is 9.86. The Morgan fingerprint density at radius 3 is 2.44 bits per heavy atom. The Balaban J connectivity index is 1.98. The van der Waals surface area contributed by atoms with Gasteiger partial charge in [-0.1, -0.05) is 30.3 Å². The number of rotatable bonds is 3. The van der Waals surface area contributed by atoms with Gasteiger partial charge in [-0.15, -0.1) is 11.3 Å². The van der Waals surface area contributed by atoms with Crippen LogP contribution in [-0.2, 0) is 5.41 Å². The summed E-state index contributed by atoms with van der Waals surface area (Å²) in [5.74, 6) is 0. The molecule has 0 spiro atoms. The second kappa shape index (κ2) is 4.48. The Morgan fingerprint density at radius 2 is 1.94 bits per heavy atom. The Hall–Kier alpha value is -0.640. The summed E-state index contributed by atoms with van der Waals surface area (Å²) in [4.78, 5) is 1.21. The van der Waals surface area contributed by atoms with E-state index in [4.69, 9.17) is 0 Å². The van der Waals surface area contributed by atoms with E-state index >= 15 is 0 Å². The van der Waals surface area contributed by atoms with Crippen LogP contribution in [0.3, 0.4) is 0 Å². The van der Waals surface area contributed by atoms with Gasteiger partial charge in [0.25, 0.3) is 0 Å². The van der Waals surface area contributed by atoms with Crippen LogP contribution in [-0.4, -0.2) is 5.11 Å². The molecule has 0 saturated heterocycles. The van der Waals surface area contributed by atoms with E-state index in [1.54, 1.807) is 11.3 Å². The molecule has 3 heteroatoms. The predicted molar refractivity (Wildman–Crippen MR) is 79.1 cm³/mol. The molecule has 3 rings (SSSR count). The molecule has 1 aromatic carbocycles. The van der Waals surface area contributed by atoms with Gasteiger partial charge in [-0.05, 0) is 52.9 Å². The Labute approximate surface area is 120 Å². The fraction of sp³-hybridized carbons (Fsp3) is 0.333. The molecule has 0 amide bonds. The SMILES string of the molecule is Cc1sc(Br)cc1C(O)C1(c2ccccc2)CC1. The maximum absolute atomic E-state index is 10.7. The van der Waals surface area contributed by atoms with Crippen molar-refractivity contribution in [1.29, 1.82) is 0 Å². The maximum atomic E-state index is 10.7. The van der Waals surface area contributed by atoms with E-state index in [0.29, 0.717) is 0 Å². The topological polar surface area (TPSA) is 20.2 Å². The van der Waals surface area contributed by atoms with Crippen LogP contribution in [0.15, 0.2) is 40.2 Å². The molecule has 1 saturated carbocycles. The van der Waals surface area contributed by atoms with E-state index in [1.807, 2.05) is 6.07 Å². The van der Waals surface area contributed by atoms with E-state index in [-0.39, 0.29) is 11.5 Å². The monoisotopic (exact) mass is 322 g/mol. The number of halogens is 1. The van der Waals surface area contributed by atoms with Crippen LogP contribution >= 0.6 is 27.3 Å². The van der Waals surface area contributed by atoms with Crippen molar-refractivity contribution in [3.63, 3.8) is 0 Å². The van der Waals surface area contributed by atoms with E-state index in [2.05, 4.69) is 53.2 Å². The molecule has 0 aliphatic heterocycles. The minimum Gasteiger partial charge on any atom is -0.387 e. The molecule has 1 atom stereocenters. The van der Waals surface area contributed by atoms with Crippen LogP contribution < -0.4 is 0 Å². The summed E-state index contributed by atoms with van der Waals surface area (Å²) in [7, 11) is 0. The van der Waals surface area contributed by atoms with Gasteiger partial charge < -0.3 is 5.11 Å². The molecule has 1 heterocycles. The van der Waals surface area contributed by atoms with E-state index in [1.165, 1.54) is 10.4 Å². The number of thiophene rings is 1. The fourth-order valence-corrected chi connectivity index (χ4v) is 4.39. The number of benzene rings is 1. The van der Waals surface area contributed by atoms with Crippen molar-refractivity contribution in [3.8, 4) is 0 Å². The molecule has 1 unspecified atom stereocenters. The summed E-state index contributed by atoms with van der Waals surface area (Å²) in [5.41, 5.74) is 2.29.